The highest BCUT2D eigenvalue weighted by atomic mass is 19.4. The van der Waals surface area contributed by atoms with Gasteiger partial charge in [-0.15, -0.1) is 0 Å². The number of amides is 1. The summed E-state index contributed by atoms with van der Waals surface area (Å²) in [5.41, 5.74) is -2.73. The topological polar surface area (TPSA) is 125 Å². The molecule has 0 bridgehead atoms. The zero-order valence-corrected chi connectivity index (χ0v) is 29.6. The van der Waals surface area contributed by atoms with Gasteiger partial charge in [0.15, 0.2) is 0 Å². The number of hydrogen-bond acceptors (Lipinski definition) is 10. The summed E-state index contributed by atoms with van der Waals surface area (Å²) in [5.74, 6) is -0.262. The summed E-state index contributed by atoms with van der Waals surface area (Å²) in [5, 5.41) is 3.19. The molecule has 1 aromatic carbocycles. The molecule has 3 aromatic rings. The van der Waals surface area contributed by atoms with E-state index in [0.29, 0.717) is 36.4 Å². The number of benzene rings is 1. The zero-order chi connectivity index (χ0) is 38.4. The van der Waals surface area contributed by atoms with E-state index in [4.69, 9.17) is 18.9 Å². The minimum Gasteiger partial charge on any atom is -0.481 e. The fourth-order valence-corrected chi connectivity index (χ4v) is 5.61. The number of ether oxygens (including phenoxy) is 4. The van der Waals surface area contributed by atoms with Crippen LogP contribution in [0.15, 0.2) is 36.5 Å². The van der Waals surface area contributed by atoms with Crippen molar-refractivity contribution in [2.24, 2.45) is 0 Å². The third kappa shape index (κ3) is 10.4. The van der Waals surface area contributed by atoms with Crippen molar-refractivity contribution >= 4 is 23.7 Å². The van der Waals surface area contributed by atoms with Crippen LogP contribution in [0.25, 0.3) is 0 Å². The molecule has 11 nitrogen and oxygen atoms in total. The van der Waals surface area contributed by atoms with E-state index in [1.807, 2.05) is 6.92 Å². The Labute approximate surface area is 297 Å². The van der Waals surface area contributed by atoms with Gasteiger partial charge >= 0.3 is 24.4 Å². The second kappa shape index (κ2) is 16.3. The molecule has 284 valence electrons. The van der Waals surface area contributed by atoms with Crippen LogP contribution in [0.4, 0.5) is 42.8 Å². The summed E-state index contributed by atoms with van der Waals surface area (Å²) in [6.07, 6.45) is -9.00. The molecule has 0 unspecified atom stereocenters. The molecule has 0 fully saturated rings. The van der Waals surface area contributed by atoms with Gasteiger partial charge in [-0.05, 0) is 70.4 Å². The third-order valence-electron chi connectivity index (χ3n) is 7.89. The van der Waals surface area contributed by atoms with E-state index in [1.54, 1.807) is 39.8 Å². The van der Waals surface area contributed by atoms with Gasteiger partial charge in [-0.25, -0.2) is 19.7 Å². The lowest BCUT2D eigenvalue weighted by molar-refractivity contribution is -0.156. The summed E-state index contributed by atoms with van der Waals surface area (Å²) in [6, 6.07) is 3.66. The fourth-order valence-electron chi connectivity index (χ4n) is 5.61. The largest absolute Gasteiger partial charge is 0.481 e. The number of esters is 1. The van der Waals surface area contributed by atoms with Gasteiger partial charge in [0, 0.05) is 30.3 Å². The number of hydrogen-bond donors (Lipinski definition) is 1. The maximum absolute atomic E-state index is 13.7. The number of halogens is 6. The molecule has 1 aliphatic heterocycles. The number of methoxy groups -OCH3 is 1. The number of pyridine rings is 1. The zero-order valence-electron chi connectivity index (χ0n) is 29.6. The molecule has 0 saturated carbocycles. The molecular weight excluding hydrogens is 700 g/mol. The molecule has 0 radical (unpaired) electrons. The quantitative estimate of drug-likeness (QED) is 0.111. The fraction of sp³-hybridized carbons (Fsp3) is 0.514. The molecule has 3 heterocycles. The average Bonchev–Trinajstić information content (AvgIpc) is 3.05. The van der Waals surface area contributed by atoms with Crippen LogP contribution < -0.4 is 15.0 Å². The Balaban J connectivity index is 1.71. The molecule has 1 amide bonds. The van der Waals surface area contributed by atoms with Crippen molar-refractivity contribution in [1.29, 1.82) is 0 Å². The van der Waals surface area contributed by atoms with Gasteiger partial charge in [0.2, 0.25) is 11.8 Å². The summed E-state index contributed by atoms with van der Waals surface area (Å²) < 4.78 is 104. The van der Waals surface area contributed by atoms with Gasteiger partial charge in [-0.3, -0.25) is 9.69 Å². The van der Waals surface area contributed by atoms with E-state index in [1.165, 1.54) is 18.2 Å². The standard InChI is InChI=1S/C35H41F6N5O6/c1-7-24-17-26(30-27(9-10-28(45-30)49-6)46(24)32(48)51-8-2)44-31-42-18-21(19-50-12-11-29(47)52-33(3,4)5)25(43-31)15-20-13-22(34(36,37)38)16-23(14-20)35(39,40)41/h9-10,13-14,16,18,24,26H,7-8,11-12,15,17,19H2,1-6H3,(H,42,43,44)/t24-,26+/m1/s1. The lowest BCUT2D eigenvalue weighted by Crippen LogP contribution is -2.46. The number of fused-ring (bicyclic) bond motifs is 1. The highest BCUT2D eigenvalue weighted by Crippen LogP contribution is 2.41. The summed E-state index contributed by atoms with van der Waals surface area (Å²) in [6.45, 7) is 8.57. The molecule has 0 saturated heterocycles. The van der Waals surface area contributed by atoms with Gasteiger partial charge in [0.1, 0.15) is 5.60 Å². The summed E-state index contributed by atoms with van der Waals surface area (Å²) >= 11 is 0. The normalized spacial score (nSPS) is 16.3. The Bertz CT molecular complexity index is 1700. The lowest BCUT2D eigenvalue weighted by Gasteiger charge is -2.39. The molecule has 1 aliphatic rings. The first-order valence-corrected chi connectivity index (χ1v) is 16.5. The van der Waals surface area contributed by atoms with Crippen molar-refractivity contribution in [3.8, 4) is 5.88 Å². The lowest BCUT2D eigenvalue weighted by atomic mass is 9.93. The predicted octanol–water partition coefficient (Wildman–Crippen LogP) is 8.06. The molecule has 0 aliphatic carbocycles. The number of anilines is 2. The van der Waals surface area contributed by atoms with Crippen molar-refractivity contribution in [3.05, 3.63) is 70.2 Å². The van der Waals surface area contributed by atoms with Crippen LogP contribution in [0.1, 0.15) is 93.6 Å². The molecule has 52 heavy (non-hydrogen) atoms. The molecule has 2 atom stereocenters. The SMILES string of the molecule is CCOC(=O)N1c2ccc(OC)nc2[C@@H](Nc2ncc(COCCC(=O)OC(C)(C)C)c(Cc3cc(C(F)(F)F)cc(C(F)(F)F)c3)n2)C[C@H]1CC. The first-order valence-electron chi connectivity index (χ1n) is 16.5. The first kappa shape index (κ1) is 40.1. The molecule has 2 aromatic heterocycles. The van der Waals surface area contributed by atoms with Crippen LogP contribution in [0.2, 0.25) is 0 Å². The van der Waals surface area contributed by atoms with Gasteiger partial charge in [0.25, 0.3) is 0 Å². The number of nitrogens with one attached hydrogen (secondary N) is 1. The second-order valence-corrected chi connectivity index (χ2v) is 13.0. The van der Waals surface area contributed by atoms with Crippen molar-refractivity contribution in [1.82, 2.24) is 15.0 Å². The van der Waals surface area contributed by atoms with Crippen molar-refractivity contribution < 1.29 is 54.9 Å². The molecular formula is C35H41F6N5O6. The molecule has 1 N–H and O–H groups in total. The monoisotopic (exact) mass is 741 g/mol. The summed E-state index contributed by atoms with van der Waals surface area (Å²) in [4.78, 5) is 40.1. The Morgan fingerprint density at radius 2 is 1.65 bits per heavy atom. The van der Waals surface area contributed by atoms with Crippen LogP contribution in [-0.4, -0.2) is 59.0 Å². The van der Waals surface area contributed by atoms with E-state index in [-0.39, 0.29) is 67.0 Å². The highest BCUT2D eigenvalue weighted by molar-refractivity contribution is 5.90. The maximum Gasteiger partial charge on any atom is 0.416 e. The van der Waals surface area contributed by atoms with Gasteiger partial charge in [-0.2, -0.15) is 26.3 Å². The van der Waals surface area contributed by atoms with E-state index in [0.717, 1.165) is 0 Å². The van der Waals surface area contributed by atoms with Crippen molar-refractivity contribution in [2.75, 3.05) is 30.5 Å². The first-order chi connectivity index (χ1) is 24.3. The van der Waals surface area contributed by atoms with Crippen LogP contribution in [0, 0.1) is 0 Å². The Hall–Kier alpha value is -4.67. The Morgan fingerprint density at radius 1 is 0.981 bits per heavy atom. The number of aromatic nitrogens is 3. The van der Waals surface area contributed by atoms with Crippen LogP contribution in [0.5, 0.6) is 5.88 Å². The molecule has 17 heteroatoms. The van der Waals surface area contributed by atoms with Crippen LogP contribution >= 0.6 is 0 Å². The minimum atomic E-state index is -5.04. The van der Waals surface area contributed by atoms with E-state index in [9.17, 15) is 35.9 Å². The van der Waals surface area contributed by atoms with Gasteiger partial charge < -0.3 is 24.3 Å². The minimum absolute atomic E-state index is 0.00414. The smallest absolute Gasteiger partial charge is 0.416 e. The predicted molar refractivity (Wildman–Crippen MR) is 177 cm³/mol. The van der Waals surface area contributed by atoms with Crippen LogP contribution in [-0.2, 0) is 44.4 Å². The molecule has 0 spiro atoms. The number of carbonyl (C=O) groups excluding carboxylic acids is 2. The number of carbonyl (C=O) groups is 2. The second-order valence-electron chi connectivity index (χ2n) is 13.0. The van der Waals surface area contributed by atoms with Crippen molar-refractivity contribution in [2.45, 2.75) is 96.9 Å². The van der Waals surface area contributed by atoms with Gasteiger partial charge in [0.05, 0.1) is 67.6 Å². The number of rotatable bonds is 12. The summed E-state index contributed by atoms with van der Waals surface area (Å²) in [7, 11) is 1.43. The highest BCUT2D eigenvalue weighted by Gasteiger charge is 2.39. The Morgan fingerprint density at radius 3 is 2.23 bits per heavy atom. The van der Waals surface area contributed by atoms with Gasteiger partial charge in [-0.1, -0.05) is 6.92 Å². The maximum atomic E-state index is 13.7. The number of alkyl halides is 6. The Kier molecular flexibility index (Phi) is 12.6. The molecule has 4 rings (SSSR count). The van der Waals surface area contributed by atoms with Crippen LogP contribution in [0.3, 0.4) is 0 Å². The number of nitrogens with zero attached hydrogens (tertiary/aromatic N) is 4. The third-order valence-corrected chi connectivity index (χ3v) is 7.89. The van der Waals surface area contributed by atoms with E-state index >= 15 is 0 Å². The average molecular weight is 742 g/mol. The van der Waals surface area contributed by atoms with E-state index < -0.39 is 53.6 Å². The van der Waals surface area contributed by atoms with Crippen molar-refractivity contribution in [3.63, 3.8) is 0 Å². The van der Waals surface area contributed by atoms with E-state index in [2.05, 4.69) is 20.3 Å².